The maximum absolute atomic E-state index is 13.9. The second-order valence-corrected chi connectivity index (χ2v) is 5.00. The molecule has 0 saturated carbocycles. The summed E-state index contributed by atoms with van der Waals surface area (Å²) in [6, 6.07) is 13.0. The first-order chi connectivity index (χ1) is 9.96. The molecule has 0 saturated heterocycles. The minimum Gasteiger partial charge on any atom is -0.480 e. The van der Waals surface area contributed by atoms with E-state index >= 15 is 0 Å². The summed E-state index contributed by atoms with van der Waals surface area (Å²) in [6.45, 7) is 3.79. The largest absolute Gasteiger partial charge is 0.480 e. The van der Waals surface area contributed by atoms with Gasteiger partial charge in [-0.3, -0.25) is 0 Å². The Labute approximate surface area is 123 Å². The minimum absolute atomic E-state index is 0.00193. The first-order valence-electron chi connectivity index (χ1n) is 6.73. The van der Waals surface area contributed by atoms with Crippen LogP contribution in [0.4, 0.5) is 4.39 Å². The highest BCUT2D eigenvalue weighted by molar-refractivity contribution is 5.88. The van der Waals surface area contributed by atoms with Gasteiger partial charge in [0.15, 0.2) is 11.6 Å². The van der Waals surface area contributed by atoms with Crippen molar-refractivity contribution in [3.63, 3.8) is 0 Å². The van der Waals surface area contributed by atoms with Crippen molar-refractivity contribution >= 4 is 5.97 Å². The summed E-state index contributed by atoms with van der Waals surface area (Å²) >= 11 is 0. The van der Waals surface area contributed by atoms with Gasteiger partial charge in [-0.25, -0.2) is 9.18 Å². The molecule has 0 radical (unpaired) electrons. The van der Waals surface area contributed by atoms with Gasteiger partial charge in [-0.2, -0.15) is 0 Å². The first kappa shape index (κ1) is 15.0. The maximum Gasteiger partial charge on any atom is 0.335 e. The summed E-state index contributed by atoms with van der Waals surface area (Å²) in [4.78, 5) is 11.0. The fraction of sp³-hybridized carbons (Fsp3) is 0.235. The number of hydrogen-bond donors (Lipinski definition) is 1. The van der Waals surface area contributed by atoms with Gasteiger partial charge in [0.25, 0.3) is 0 Å². The Bertz CT molecular complexity index is 640. The fourth-order valence-electron chi connectivity index (χ4n) is 2.08. The van der Waals surface area contributed by atoms with Crippen LogP contribution >= 0.6 is 0 Å². The molecule has 2 aromatic carbocycles. The highest BCUT2D eigenvalue weighted by Gasteiger charge is 2.28. The number of rotatable bonds is 5. The highest BCUT2D eigenvalue weighted by Crippen LogP contribution is 2.32. The van der Waals surface area contributed by atoms with E-state index in [1.165, 1.54) is 12.1 Å². The Balaban J connectivity index is 2.39. The predicted molar refractivity (Wildman–Crippen MR) is 78.1 cm³/mol. The average molecular weight is 288 g/mol. The topological polar surface area (TPSA) is 46.5 Å². The SMILES string of the molecule is CCC(C)(Oc1cc(C(=O)O)ccc1F)c1ccccc1. The van der Waals surface area contributed by atoms with Crippen LogP contribution in [0.25, 0.3) is 0 Å². The van der Waals surface area contributed by atoms with E-state index < -0.39 is 17.4 Å². The van der Waals surface area contributed by atoms with Gasteiger partial charge in [-0.05, 0) is 37.1 Å². The summed E-state index contributed by atoms with van der Waals surface area (Å²) in [7, 11) is 0. The van der Waals surface area contributed by atoms with Gasteiger partial charge in [0.2, 0.25) is 0 Å². The van der Waals surface area contributed by atoms with E-state index in [0.717, 1.165) is 11.6 Å². The number of halogens is 1. The van der Waals surface area contributed by atoms with E-state index in [-0.39, 0.29) is 11.3 Å². The molecule has 0 fully saturated rings. The molecule has 2 rings (SSSR count). The second-order valence-electron chi connectivity index (χ2n) is 5.00. The molecule has 0 amide bonds. The number of carbonyl (C=O) groups is 1. The van der Waals surface area contributed by atoms with Gasteiger partial charge in [-0.1, -0.05) is 37.3 Å². The zero-order chi connectivity index (χ0) is 15.5. The van der Waals surface area contributed by atoms with Crippen molar-refractivity contribution in [1.29, 1.82) is 0 Å². The number of ether oxygens (including phenoxy) is 1. The molecule has 2 aromatic rings. The third kappa shape index (κ3) is 3.21. The molecule has 1 N–H and O–H groups in total. The van der Waals surface area contributed by atoms with E-state index in [0.29, 0.717) is 6.42 Å². The van der Waals surface area contributed by atoms with Crippen LogP contribution in [0.5, 0.6) is 5.75 Å². The molecule has 1 atom stereocenters. The van der Waals surface area contributed by atoms with Crippen molar-refractivity contribution < 1.29 is 19.0 Å². The standard InChI is InChI=1S/C17H17FO3/c1-3-17(2,13-7-5-4-6-8-13)21-15-11-12(16(19)20)9-10-14(15)18/h4-11H,3H2,1-2H3,(H,19,20). The van der Waals surface area contributed by atoms with Crippen LogP contribution in [-0.2, 0) is 5.60 Å². The third-order valence-electron chi connectivity index (χ3n) is 3.57. The lowest BCUT2D eigenvalue weighted by Crippen LogP contribution is -2.29. The molecule has 110 valence electrons. The second kappa shape index (κ2) is 5.95. The van der Waals surface area contributed by atoms with Crippen LogP contribution in [0.2, 0.25) is 0 Å². The van der Waals surface area contributed by atoms with Gasteiger partial charge in [0.05, 0.1) is 5.56 Å². The molecule has 0 aliphatic carbocycles. The summed E-state index contributed by atoms with van der Waals surface area (Å²) < 4.78 is 19.7. The highest BCUT2D eigenvalue weighted by atomic mass is 19.1. The van der Waals surface area contributed by atoms with Crippen molar-refractivity contribution in [3.8, 4) is 5.75 Å². The van der Waals surface area contributed by atoms with Crippen molar-refractivity contribution in [1.82, 2.24) is 0 Å². The number of carboxylic acids is 1. The van der Waals surface area contributed by atoms with Crippen molar-refractivity contribution in [3.05, 3.63) is 65.5 Å². The Morgan fingerprint density at radius 1 is 1.24 bits per heavy atom. The molecule has 1 unspecified atom stereocenters. The van der Waals surface area contributed by atoms with E-state index in [1.807, 2.05) is 44.2 Å². The smallest absolute Gasteiger partial charge is 0.335 e. The van der Waals surface area contributed by atoms with E-state index in [4.69, 9.17) is 9.84 Å². The molecule has 0 aliphatic rings. The molecular weight excluding hydrogens is 271 g/mol. The van der Waals surface area contributed by atoms with Gasteiger partial charge in [-0.15, -0.1) is 0 Å². The van der Waals surface area contributed by atoms with Crippen molar-refractivity contribution in [2.24, 2.45) is 0 Å². The summed E-state index contributed by atoms with van der Waals surface area (Å²) in [6.07, 6.45) is 0.619. The molecule has 0 aliphatic heterocycles. The Hall–Kier alpha value is -2.36. The summed E-state index contributed by atoms with van der Waals surface area (Å²) in [5.41, 5.74) is 0.185. The number of aromatic carboxylic acids is 1. The lowest BCUT2D eigenvalue weighted by atomic mass is 9.93. The van der Waals surface area contributed by atoms with Gasteiger partial charge in [0, 0.05) is 0 Å². The van der Waals surface area contributed by atoms with Gasteiger partial charge >= 0.3 is 5.97 Å². The Morgan fingerprint density at radius 2 is 1.90 bits per heavy atom. The summed E-state index contributed by atoms with van der Waals surface area (Å²) in [5.74, 6) is -1.74. The monoisotopic (exact) mass is 288 g/mol. The van der Waals surface area contributed by atoms with Crippen molar-refractivity contribution in [2.75, 3.05) is 0 Å². The molecule has 0 spiro atoms. The van der Waals surface area contributed by atoms with E-state index in [1.54, 1.807) is 0 Å². The fourth-order valence-corrected chi connectivity index (χ4v) is 2.08. The lowest BCUT2D eigenvalue weighted by molar-refractivity contribution is 0.0682. The number of hydrogen-bond acceptors (Lipinski definition) is 2. The molecule has 0 heterocycles. The zero-order valence-corrected chi connectivity index (χ0v) is 12.0. The van der Waals surface area contributed by atoms with Gasteiger partial charge in [0.1, 0.15) is 5.60 Å². The average Bonchev–Trinajstić information content (AvgIpc) is 2.50. The van der Waals surface area contributed by atoms with Gasteiger partial charge < -0.3 is 9.84 Å². The maximum atomic E-state index is 13.9. The molecule has 3 nitrogen and oxygen atoms in total. The molecule has 4 heteroatoms. The molecular formula is C17H17FO3. The molecule has 0 bridgehead atoms. The van der Waals surface area contributed by atoms with Crippen LogP contribution in [0, 0.1) is 5.82 Å². The quantitative estimate of drug-likeness (QED) is 0.895. The first-order valence-corrected chi connectivity index (χ1v) is 6.73. The molecule has 0 aromatic heterocycles. The Morgan fingerprint density at radius 3 is 2.48 bits per heavy atom. The lowest BCUT2D eigenvalue weighted by Gasteiger charge is -2.30. The third-order valence-corrected chi connectivity index (χ3v) is 3.57. The van der Waals surface area contributed by atoms with Crippen LogP contribution < -0.4 is 4.74 Å². The number of carboxylic acid groups (broad SMARTS) is 1. The van der Waals surface area contributed by atoms with Crippen LogP contribution in [0.15, 0.2) is 48.5 Å². The van der Waals surface area contributed by atoms with Crippen LogP contribution in [0.3, 0.4) is 0 Å². The summed E-state index contributed by atoms with van der Waals surface area (Å²) in [5, 5.41) is 8.99. The van der Waals surface area contributed by atoms with E-state index in [2.05, 4.69) is 0 Å². The van der Waals surface area contributed by atoms with Crippen molar-refractivity contribution in [2.45, 2.75) is 25.9 Å². The molecule has 21 heavy (non-hydrogen) atoms. The number of benzene rings is 2. The normalized spacial score (nSPS) is 13.5. The van der Waals surface area contributed by atoms with E-state index in [9.17, 15) is 9.18 Å². The Kier molecular flexibility index (Phi) is 4.26. The van der Waals surface area contributed by atoms with Crippen LogP contribution in [0.1, 0.15) is 36.2 Å². The van der Waals surface area contributed by atoms with Crippen LogP contribution in [-0.4, -0.2) is 11.1 Å². The minimum atomic E-state index is -1.11. The zero-order valence-electron chi connectivity index (χ0n) is 12.0. The predicted octanol–water partition coefficient (Wildman–Crippen LogP) is 4.23.